The van der Waals surface area contributed by atoms with Crippen LogP contribution in [0.25, 0.3) is 22.2 Å². The zero-order valence-electron chi connectivity index (χ0n) is 17.9. The quantitative estimate of drug-likeness (QED) is 0.280. The Hall–Kier alpha value is -4.30. The lowest BCUT2D eigenvalue weighted by atomic mass is 10.0. The van der Waals surface area contributed by atoms with E-state index in [1.54, 1.807) is 0 Å². The summed E-state index contributed by atoms with van der Waals surface area (Å²) >= 11 is 6.34. The molecule has 0 saturated carbocycles. The van der Waals surface area contributed by atoms with Gasteiger partial charge < -0.3 is 4.74 Å². The van der Waals surface area contributed by atoms with Crippen LogP contribution in [0.4, 0.5) is 5.69 Å². The van der Waals surface area contributed by atoms with Crippen LogP contribution < -0.4 is 0 Å². The number of benzene rings is 3. The zero-order valence-corrected chi connectivity index (χ0v) is 18.6. The molecule has 0 radical (unpaired) electrons. The highest BCUT2D eigenvalue weighted by atomic mass is 35.5. The number of nitrogens with zero attached hydrogens (tertiary/aromatic N) is 4. The summed E-state index contributed by atoms with van der Waals surface area (Å²) < 4.78 is 6.14. The highest BCUT2D eigenvalue weighted by Gasteiger charge is 2.36. The van der Waals surface area contributed by atoms with E-state index in [2.05, 4.69) is 5.10 Å². The Morgan fingerprint density at radius 1 is 1.06 bits per heavy atom. The Balaban J connectivity index is 1.64. The average molecular weight is 473 g/mol. The van der Waals surface area contributed by atoms with Crippen molar-refractivity contribution < 1.29 is 14.5 Å². The maximum absolute atomic E-state index is 12.4. The molecule has 9 heteroatoms. The van der Waals surface area contributed by atoms with E-state index >= 15 is 0 Å². The molecule has 1 unspecified atom stereocenters. The highest BCUT2D eigenvalue weighted by Crippen LogP contribution is 2.37. The normalized spacial score (nSPS) is 15.2. The summed E-state index contributed by atoms with van der Waals surface area (Å²) in [7, 11) is 0. The van der Waals surface area contributed by atoms with E-state index < -0.39 is 17.1 Å². The fourth-order valence-corrected chi connectivity index (χ4v) is 4.03. The van der Waals surface area contributed by atoms with E-state index in [0.29, 0.717) is 11.3 Å². The molecular weight excluding hydrogens is 456 g/mol. The summed E-state index contributed by atoms with van der Waals surface area (Å²) in [6.45, 7) is 1.34. The summed E-state index contributed by atoms with van der Waals surface area (Å²) in [4.78, 5) is 28.0. The van der Waals surface area contributed by atoms with Crippen LogP contribution in [0.15, 0.2) is 84.0 Å². The fraction of sp³-hybridized carbons (Fsp3) is 0.0800. The maximum Gasteiger partial charge on any atom is 0.270 e. The number of fused-ring (bicyclic) bond motifs is 1. The molecule has 8 nitrogen and oxygen atoms in total. The Bertz CT molecular complexity index is 1470. The number of carbonyl (C=O) groups excluding carboxylic acids is 1. The first kappa shape index (κ1) is 21.5. The van der Waals surface area contributed by atoms with Crippen molar-refractivity contribution in [3.8, 4) is 11.3 Å². The Morgan fingerprint density at radius 2 is 1.79 bits per heavy atom. The number of para-hydroxylation sites is 1. The molecule has 1 aliphatic rings. The molecule has 5 rings (SSSR count). The van der Waals surface area contributed by atoms with Crippen LogP contribution in [0.3, 0.4) is 0 Å². The second kappa shape index (κ2) is 8.57. The number of pyridine rings is 1. The summed E-state index contributed by atoms with van der Waals surface area (Å²) in [6.07, 6.45) is -1.05. The van der Waals surface area contributed by atoms with Gasteiger partial charge in [-0.15, -0.1) is 5.10 Å². The van der Waals surface area contributed by atoms with Crippen LogP contribution in [0, 0.1) is 10.1 Å². The largest absolute Gasteiger partial charge is 0.446 e. The second-order valence-corrected chi connectivity index (χ2v) is 8.05. The third kappa shape index (κ3) is 3.84. The molecule has 34 heavy (non-hydrogen) atoms. The van der Waals surface area contributed by atoms with E-state index in [1.165, 1.54) is 25.1 Å². The van der Waals surface area contributed by atoms with Gasteiger partial charge in [-0.2, -0.15) is 5.01 Å². The summed E-state index contributed by atoms with van der Waals surface area (Å²) in [5, 5.41) is 17.9. The monoisotopic (exact) mass is 472 g/mol. The number of aromatic nitrogens is 1. The van der Waals surface area contributed by atoms with E-state index in [9.17, 15) is 14.9 Å². The average Bonchev–Trinajstić information content (AvgIpc) is 3.29. The Kier molecular flexibility index (Phi) is 5.43. The molecule has 168 valence electrons. The first-order valence-corrected chi connectivity index (χ1v) is 10.7. The second-order valence-electron chi connectivity index (χ2n) is 7.64. The van der Waals surface area contributed by atoms with Gasteiger partial charge in [-0.25, -0.2) is 4.98 Å². The maximum atomic E-state index is 12.4. The number of carbonyl (C=O) groups is 1. The molecule has 0 bridgehead atoms. The van der Waals surface area contributed by atoms with E-state index in [-0.39, 0.29) is 22.2 Å². The number of amides is 1. The van der Waals surface area contributed by atoms with Crippen molar-refractivity contribution in [1.29, 1.82) is 0 Å². The lowest BCUT2D eigenvalue weighted by Gasteiger charge is -2.20. The van der Waals surface area contributed by atoms with Crippen LogP contribution in [0.5, 0.6) is 0 Å². The standard InChI is InChI=1S/C25H17ClN4O4/c1-15(31)29-25(20-13-17(30(32)33)11-12-21(20)26)34-24(28-29)19-14-23(16-7-3-2-4-8-16)27-22-10-6-5-9-18(19)22/h2-14,25H,1H3. The van der Waals surface area contributed by atoms with Gasteiger partial charge in [0.1, 0.15) is 0 Å². The molecule has 1 aliphatic heterocycles. The number of hydrogen-bond acceptors (Lipinski definition) is 6. The summed E-state index contributed by atoms with van der Waals surface area (Å²) in [5.41, 5.74) is 3.10. The topological polar surface area (TPSA) is 97.9 Å². The minimum Gasteiger partial charge on any atom is -0.446 e. The molecule has 0 fully saturated rings. The first-order chi connectivity index (χ1) is 16.4. The van der Waals surface area contributed by atoms with E-state index in [1.807, 2.05) is 60.7 Å². The Labute approximate surface area is 199 Å². The molecule has 2 heterocycles. The van der Waals surface area contributed by atoms with Crippen LogP contribution in [0.1, 0.15) is 24.3 Å². The lowest BCUT2D eigenvalue weighted by molar-refractivity contribution is -0.385. The molecule has 1 atom stereocenters. The van der Waals surface area contributed by atoms with Gasteiger partial charge in [0.25, 0.3) is 5.69 Å². The number of non-ortho nitro benzene ring substituents is 1. The van der Waals surface area contributed by atoms with Crippen molar-refractivity contribution in [2.75, 3.05) is 0 Å². The molecule has 0 spiro atoms. The predicted molar refractivity (Wildman–Crippen MR) is 128 cm³/mol. The van der Waals surface area contributed by atoms with Gasteiger partial charge in [0.2, 0.25) is 18.0 Å². The van der Waals surface area contributed by atoms with Crippen LogP contribution in [-0.4, -0.2) is 26.7 Å². The summed E-state index contributed by atoms with van der Waals surface area (Å²) in [6, 6.07) is 23.1. The Morgan fingerprint density at radius 3 is 2.53 bits per heavy atom. The first-order valence-electron chi connectivity index (χ1n) is 10.4. The van der Waals surface area contributed by atoms with Crippen molar-refractivity contribution in [2.45, 2.75) is 13.2 Å². The van der Waals surface area contributed by atoms with E-state index in [4.69, 9.17) is 21.3 Å². The molecule has 0 N–H and O–H groups in total. The van der Waals surface area contributed by atoms with Crippen molar-refractivity contribution in [3.05, 3.63) is 105 Å². The van der Waals surface area contributed by atoms with Gasteiger partial charge in [0, 0.05) is 46.2 Å². The minimum absolute atomic E-state index is 0.166. The van der Waals surface area contributed by atoms with Crippen molar-refractivity contribution in [1.82, 2.24) is 9.99 Å². The van der Waals surface area contributed by atoms with E-state index in [0.717, 1.165) is 21.5 Å². The van der Waals surface area contributed by atoms with Gasteiger partial charge in [0.05, 0.1) is 16.1 Å². The SMILES string of the molecule is CC(=O)N1N=C(c2cc(-c3ccccc3)nc3ccccc23)OC1c1cc([N+](=O)[O-])ccc1Cl. The number of hydrogen-bond donors (Lipinski definition) is 0. The van der Waals surface area contributed by atoms with Crippen molar-refractivity contribution >= 4 is 40.0 Å². The molecule has 4 aromatic rings. The van der Waals surface area contributed by atoms with Crippen LogP contribution >= 0.6 is 11.6 Å². The van der Waals surface area contributed by atoms with Crippen molar-refractivity contribution in [2.24, 2.45) is 5.10 Å². The van der Waals surface area contributed by atoms with Gasteiger partial charge in [-0.3, -0.25) is 14.9 Å². The van der Waals surface area contributed by atoms with Gasteiger partial charge in [-0.05, 0) is 18.2 Å². The number of nitro groups is 1. The van der Waals surface area contributed by atoms with Gasteiger partial charge in [0.15, 0.2) is 0 Å². The van der Waals surface area contributed by atoms with Gasteiger partial charge in [-0.1, -0.05) is 60.1 Å². The summed E-state index contributed by atoms with van der Waals surface area (Å²) in [5.74, 6) is -0.206. The molecule has 0 aliphatic carbocycles. The van der Waals surface area contributed by atoms with Crippen molar-refractivity contribution in [3.63, 3.8) is 0 Å². The third-order valence-corrected chi connectivity index (χ3v) is 5.78. The minimum atomic E-state index is -1.05. The molecule has 0 saturated heterocycles. The molecule has 1 amide bonds. The number of rotatable bonds is 4. The number of ether oxygens (including phenoxy) is 1. The lowest BCUT2D eigenvalue weighted by Crippen LogP contribution is -2.25. The fourth-order valence-electron chi connectivity index (χ4n) is 3.82. The predicted octanol–water partition coefficient (Wildman–Crippen LogP) is 5.70. The highest BCUT2D eigenvalue weighted by molar-refractivity contribution is 6.31. The smallest absolute Gasteiger partial charge is 0.270 e. The zero-order chi connectivity index (χ0) is 23.8. The van der Waals surface area contributed by atoms with Crippen LogP contribution in [-0.2, 0) is 9.53 Å². The molecule has 1 aromatic heterocycles. The number of nitro benzene ring substituents is 1. The number of halogens is 1. The number of hydrazone groups is 1. The molecular formula is C25H17ClN4O4. The third-order valence-electron chi connectivity index (χ3n) is 5.44. The van der Waals surface area contributed by atoms with Gasteiger partial charge >= 0.3 is 0 Å². The molecule has 3 aromatic carbocycles. The van der Waals surface area contributed by atoms with Crippen LogP contribution in [0.2, 0.25) is 5.02 Å².